The van der Waals surface area contributed by atoms with Crippen LogP contribution in [0.5, 0.6) is 0 Å². The van der Waals surface area contributed by atoms with Crippen LogP contribution in [0, 0.1) is 0 Å². The predicted octanol–water partition coefficient (Wildman–Crippen LogP) is -1.27. The maximum atomic E-state index is 11.0. The second-order valence-corrected chi connectivity index (χ2v) is 8.66. The molecule has 0 spiro atoms. The van der Waals surface area contributed by atoms with E-state index in [9.17, 15) is 14.4 Å². The Labute approximate surface area is 181 Å². The third-order valence-corrected chi connectivity index (χ3v) is 6.53. The molecule has 0 aromatic heterocycles. The van der Waals surface area contributed by atoms with Crippen molar-refractivity contribution in [1.29, 1.82) is 0 Å². The minimum Gasteiger partial charge on any atom is -0.480 e. The molecule has 0 saturated carbocycles. The Morgan fingerprint density at radius 2 is 1.11 bits per heavy atom. The number of carbonyl (C=O) groups is 3. The first-order chi connectivity index (χ1) is 12.2. The molecule has 0 saturated heterocycles. The van der Waals surface area contributed by atoms with Crippen LogP contribution in [0.2, 0.25) is 6.04 Å². The molecule has 0 aliphatic rings. The normalized spacial score (nSPS) is 11.4. The molecule has 11 nitrogen and oxygen atoms in total. The molecule has 0 heterocycles. The minimum absolute atomic E-state index is 0. The third-order valence-electron chi connectivity index (χ3n) is 3.70. The summed E-state index contributed by atoms with van der Waals surface area (Å²) >= 11 is 0. The molecule has 0 unspecified atom stereocenters. The van der Waals surface area contributed by atoms with E-state index in [2.05, 4.69) is 0 Å². The Balaban J connectivity index is 0. The topological polar surface area (TPSA) is 146 Å². The molecule has 0 bridgehead atoms. The Hall–Kier alpha value is -0.573. The van der Waals surface area contributed by atoms with Crippen molar-refractivity contribution >= 4 is 56.3 Å². The first kappa shape index (κ1) is 28.6. The van der Waals surface area contributed by atoms with Gasteiger partial charge in [-0.2, -0.15) is 0 Å². The van der Waals surface area contributed by atoms with E-state index in [-0.39, 0.29) is 49.2 Å². The number of hydrogen-bond donors (Lipinski definition) is 3. The summed E-state index contributed by atoms with van der Waals surface area (Å²) in [4.78, 5) is 35.5. The fraction of sp³-hybridized carbons (Fsp3) is 0.786. The van der Waals surface area contributed by atoms with Crippen molar-refractivity contribution in [1.82, 2.24) is 9.80 Å². The second-order valence-electron chi connectivity index (χ2n) is 5.57. The van der Waals surface area contributed by atoms with E-state index in [1.807, 2.05) is 0 Å². The largest absolute Gasteiger partial charge is 0.500 e. The second kappa shape index (κ2) is 15.4. The molecule has 0 amide bonds. The average molecular weight is 419 g/mol. The Morgan fingerprint density at radius 1 is 0.741 bits per heavy atom. The maximum absolute atomic E-state index is 11.0. The molecule has 27 heavy (non-hydrogen) atoms. The fourth-order valence-corrected chi connectivity index (χ4v) is 4.12. The van der Waals surface area contributed by atoms with E-state index < -0.39 is 39.8 Å². The van der Waals surface area contributed by atoms with Gasteiger partial charge in [-0.25, -0.2) is 0 Å². The number of hydrogen-bond acceptors (Lipinski definition) is 8. The molecule has 0 aliphatic carbocycles. The van der Waals surface area contributed by atoms with Gasteiger partial charge in [-0.05, 0) is 13.0 Å². The number of aliphatic carboxylic acids is 3. The van der Waals surface area contributed by atoms with Gasteiger partial charge in [0.2, 0.25) is 0 Å². The van der Waals surface area contributed by atoms with Crippen molar-refractivity contribution in [2.75, 3.05) is 60.6 Å². The fourth-order valence-electron chi connectivity index (χ4n) is 2.42. The molecule has 1 radical (unpaired) electrons. The van der Waals surface area contributed by atoms with Crippen LogP contribution in [-0.2, 0) is 27.7 Å². The smallest absolute Gasteiger partial charge is 0.480 e. The summed E-state index contributed by atoms with van der Waals surface area (Å²) in [6, 6.07) is 0.487. The molecule has 0 rings (SSSR count). The van der Waals surface area contributed by atoms with Crippen molar-refractivity contribution in [3.63, 3.8) is 0 Å². The summed E-state index contributed by atoms with van der Waals surface area (Å²) in [5, 5.41) is 26.7. The maximum Gasteiger partial charge on any atom is 0.500 e. The van der Waals surface area contributed by atoms with E-state index in [0.29, 0.717) is 19.0 Å². The van der Waals surface area contributed by atoms with Gasteiger partial charge in [-0.3, -0.25) is 24.2 Å². The van der Waals surface area contributed by atoms with Crippen LogP contribution in [0.1, 0.15) is 6.42 Å². The summed E-state index contributed by atoms with van der Waals surface area (Å²) in [7, 11) is 1.72. The number of rotatable bonds is 16. The van der Waals surface area contributed by atoms with Crippen LogP contribution in [-0.4, -0.2) is 142 Å². The van der Waals surface area contributed by atoms with Gasteiger partial charge >= 0.3 is 26.7 Å². The standard InChI is InChI=1S/C14H28N2O9Si.Na/c1-23-26(24-2,25-3)8-4-5-15(9-12(17)18)6-7-16(10-13(19)20)11-14(21)22;/h4-11H2,1-3H3,(H,17,18)(H,19,20)(H,21,22);. The Bertz CT molecular complexity index is 442. The van der Waals surface area contributed by atoms with Crippen LogP contribution in [0.3, 0.4) is 0 Å². The van der Waals surface area contributed by atoms with Crippen molar-refractivity contribution in [3.8, 4) is 0 Å². The molecule has 0 atom stereocenters. The molecule has 0 aromatic rings. The van der Waals surface area contributed by atoms with Crippen molar-refractivity contribution < 1.29 is 43.0 Å². The van der Waals surface area contributed by atoms with Gasteiger partial charge < -0.3 is 28.6 Å². The molecule has 13 heteroatoms. The van der Waals surface area contributed by atoms with E-state index >= 15 is 0 Å². The van der Waals surface area contributed by atoms with Crippen LogP contribution in [0.4, 0.5) is 0 Å². The molecule has 3 N–H and O–H groups in total. The first-order valence-electron chi connectivity index (χ1n) is 7.93. The van der Waals surface area contributed by atoms with Crippen molar-refractivity contribution in [2.24, 2.45) is 0 Å². The number of carboxylic acid groups (broad SMARTS) is 3. The van der Waals surface area contributed by atoms with Crippen LogP contribution in [0.15, 0.2) is 0 Å². The number of carboxylic acids is 3. The molecule has 153 valence electrons. The van der Waals surface area contributed by atoms with Crippen LogP contribution >= 0.6 is 0 Å². The summed E-state index contributed by atoms with van der Waals surface area (Å²) < 4.78 is 15.9. The van der Waals surface area contributed by atoms with Crippen LogP contribution in [0.25, 0.3) is 0 Å². The van der Waals surface area contributed by atoms with Crippen LogP contribution < -0.4 is 0 Å². The van der Waals surface area contributed by atoms with Gasteiger partial charge in [-0.1, -0.05) is 0 Å². The summed E-state index contributed by atoms with van der Waals surface area (Å²) in [6.07, 6.45) is 0.548. The van der Waals surface area contributed by atoms with Crippen molar-refractivity contribution in [3.05, 3.63) is 0 Å². The average Bonchev–Trinajstić information content (AvgIpc) is 2.55. The van der Waals surface area contributed by atoms with Gasteiger partial charge in [0.1, 0.15) is 0 Å². The quantitative estimate of drug-likeness (QED) is 0.257. The Morgan fingerprint density at radius 3 is 1.48 bits per heavy atom. The number of nitrogens with zero attached hydrogens (tertiary/aromatic N) is 2. The van der Waals surface area contributed by atoms with Gasteiger partial charge in [0.15, 0.2) is 0 Å². The zero-order valence-electron chi connectivity index (χ0n) is 16.3. The zero-order valence-corrected chi connectivity index (χ0v) is 19.3. The van der Waals surface area contributed by atoms with Gasteiger partial charge in [-0.15, -0.1) is 0 Å². The third kappa shape index (κ3) is 13.3. The molecule has 0 aromatic carbocycles. The van der Waals surface area contributed by atoms with E-state index in [1.165, 1.54) is 26.2 Å². The zero-order chi connectivity index (χ0) is 20.2. The monoisotopic (exact) mass is 419 g/mol. The van der Waals surface area contributed by atoms with E-state index in [1.54, 1.807) is 4.90 Å². The van der Waals surface area contributed by atoms with Gasteiger partial charge in [0.25, 0.3) is 0 Å². The first-order valence-corrected chi connectivity index (χ1v) is 9.86. The molecule has 0 fully saturated rings. The molecule has 0 aliphatic heterocycles. The van der Waals surface area contributed by atoms with E-state index in [0.717, 1.165) is 0 Å². The van der Waals surface area contributed by atoms with E-state index in [4.69, 9.17) is 28.6 Å². The summed E-state index contributed by atoms with van der Waals surface area (Å²) in [5.41, 5.74) is 0. The Kier molecular flexibility index (Phi) is 16.3. The molecular weight excluding hydrogens is 391 g/mol. The summed E-state index contributed by atoms with van der Waals surface area (Å²) in [5.74, 6) is -3.32. The van der Waals surface area contributed by atoms with Gasteiger partial charge in [0, 0.05) is 70.0 Å². The summed E-state index contributed by atoms with van der Waals surface area (Å²) in [6.45, 7) is -0.372. The molecular formula is C14H28N2NaO9Si. The van der Waals surface area contributed by atoms with Gasteiger partial charge in [0.05, 0.1) is 19.6 Å². The minimum atomic E-state index is -2.75. The SMILES string of the molecule is CO[Si](CCCN(CCN(CC(=O)O)CC(=O)O)CC(=O)O)(OC)OC.[Na]. The van der Waals surface area contributed by atoms with Crippen molar-refractivity contribution in [2.45, 2.75) is 12.5 Å². The predicted molar refractivity (Wildman–Crippen MR) is 97.7 cm³/mol.